The third-order valence-corrected chi connectivity index (χ3v) is 5.16. The summed E-state index contributed by atoms with van der Waals surface area (Å²) in [6, 6.07) is 15.5. The summed E-state index contributed by atoms with van der Waals surface area (Å²) < 4.78 is 13.4. The molecule has 0 saturated carbocycles. The van der Waals surface area contributed by atoms with Gasteiger partial charge in [0.2, 0.25) is 5.91 Å². The second-order valence-electron chi connectivity index (χ2n) is 7.06. The molecular weight excluding hydrogens is 355 g/mol. The molecule has 3 aromatic rings. The van der Waals surface area contributed by atoms with Gasteiger partial charge in [0.25, 0.3) is 0 Å². The molecule has 2 heterocycles. The average molecular weight is 378 g/mol. The second-order valence-corrected chi connectivity index (χ2v) is 7.06. The Morgan fingerprint density at radius 3 is 2.46 bits per heavy atom. The topological polar surface area (TPSA) is 61.0 Å². The van der Waals surface area contributed by atoms with E-state index in [1.54, 1.807) is 18.3 Å². The molecule has 2 N–H and O–H groups in total. The van der Waals surface area contributed by atoms with Crippen molar-refractivity contribution in [1.29, 1.82) is 0 Å². The zero-order chi connectivity index (χ0) is 19.3. The summed E-state index contributed by atoms with van der Waals surface area (Å²) in [6.45, 7) is 1.70. The summed E-state index contributed by atoms with van der Waals surface area (Å²) in [5, 5.41) is 10.0. The summed E-state index contributed by atoms with van der Waals surface area (Å²) in [6.07, 6.45) is 5.00. The molecule has 0 aliphatic carbocycles. The molecule has 5 nitrogen and oxygen atoms in total. The fraction of sp³-hybridized carbons (Fsp3) is 0.273. The predicted molar refractivity (Wildman–Crippen MR) is 107 cm³/mol. The first-order valence-electron chi connectivity index (χ1n) is 9.61. The van der Waals surface area contributed by atoms with Crippen LogP contribution in [-0.4, -0.2) is 34.1 Å². The quantitative estimate of drug-likeness (QED) is 0.693. The van der Waals surface area contributed by atoms with E-state index in [2.05, 4.69) is 20.4 Å². The number of rotatable bonds is 5. The van der Waals surface area contributed by atoms with E-state index in [0.29, 0.717) is 5.82 Å². The minimum Gasteiger partial charge on any atom is -0.309 e. The van der Waals surface area contributed by atoms with Gasteiger partial charge in [-0.1, -0.05) is 48.9 Å². The normalized spacial score (nSPS) is 15.9. The molecule has 6 heteroatoms. The molecule has 1 aliphatic heterocycles. The largest absolute Gasteiger partial charge is 0.309 e. The summed E-state index contributed by atoms with van der Waals surface area (Å²) in [5.74, 6) is 0.122. The number of benzene rings is 2. The zero-order valence-electron chi connectivity index (χ0n) is 15.6. The number of halogens is 1. The van der Waals surface area contributed by atoms with E-state index < -0.39 is 6.04 Å². The molecule has 1 atom stereocenters. The first-order chi connectivity index (χ1) is 13.7. The van der Waals surface area contributed by atoms with Gasteiger partial charge in [0.05, 0.1) is 6.20 Å². The van der Waals surface area contributed by atoms with Gasteiger partial charge in [0, 0.05) is 5.56 Å². The van der Waals surface area contributed by atoms with E-state index in [1.807, 2.05) is 30.3 Å². The first-order valence-corrected chi connectivity index (χ1v) is 9.61. The number of aromatic nitrogens is 2. The number of nitrogens with one attached hydrogen (secondary N) is 2. The van der Waals surface area contributed by atoms with Crippen molar-refractivity contribution in [3.63, 3.8) is 0 Å². The lowest BCUT2D eigenvalue weighted by Gasteiger charge is -2.33. The molecule has 1 saturated heterocycles. The van der Waals surface area contributed by atoms with Crippen LogP contribution in [0.5, 0.6) is 0 Å². The highest BCUT2D eigenvalue weighted by Gasteiger charge is 2.29. The van der Waals surface area contributed by atoms with Gasteiger partial charge >= 0.3 is 0 Å². The van der Waals surface area contributed by atoms with Crippen LogP contribution in [-0.2, 0) is 4.79 Å². The van der Waals surface area contributed by atoms with Crippen LogP contribution in [0.15, 0.2) is 60.8 Å². The van der Waals surface area contributed by atoms with Crippen molar-refractivity contribution in [3.05, 3.63) is 72.2 Å². The maximum absolute atomic E-state index is 13.4. The smallest absolute Gasteiger partial charge is 0.247 e. The lowest BCUT2D eigenvalue weighted by molar-refractivity contribution is -0.122. The predicted octanol–water partition coefficient (Wildman–Crippen LogP) is 4.38. The maximum atomic E-state index is 13.4. The van der Waals surface area contributed by atoms with Crippen molar-refractivity contribution in [2.24, 2.45) is 0 Å². The minimum absolute atomic E-state index is 0.144. The van der Waals surface area contributed by atoms with Crippen LogP contribution >= 0.6 is 0 Å². The number of aromatic amines is 1. The highest BCUT2D eigenvalue weighted by atomic mass is 19.1. The number of H-pyrrole nitrogens is 1. The summed E-state index contributed by atoms with van der Waals surface area (Å²) in [7, 11) is 0. The molecule has 28 heavy (non-hydrogen) atoms. The van der Waals surface area contributed by atoms with Gasteiger partial charge in [-0.05, 0) is 49.2 Å². The van der Waals surface area contributed by atoms with Gasteiger partial charge in [-0.15, -0.1) is 0 Å². The molecule has 0 bridgehead atoms. The summed E-state index contributed by atoms with van der Waals surface area (Å²) in [4.78, 5) is 15.5. The molecular formula is C22H23FN4O. The molecule has 0 radical (unpaired) electrons. The third-order valence-electron chi connectivity index (χ3n) is 5.16. The minimum atomic E-state index is -0.465. The van der Waals surface area contributed by atoms with Gasteiger partial charge in [-0.2, -0.15) is 5.10 Å². The number of amides is 1. The molecule has 4 rings (SSSR count). The van der Waals surface area contributed by atoms with Crippen molar-refractivity contribution >= 4 is 11.7 Å². The van der Waals surface area contributed by atoms with Crippen LogP contribution < -0.4 is 5.32 Å². The molecule has 1 amide bonds. The molecule has 1 aliphatic rings. The van der Waals surface area contributed by atoms with Crippen LogP contribution in [0.25, 0.3) is 11.1 Å². The summed E-state index contributed by atoms with van der Waals surface area (Å²) >= 11 is 0. The van der Waals surface area contributed by atoms with E-state index in [1.165, 1.54) is 18.6 Å². The van der Waals surface area contributed by atoms with Gasteiger partial charge in [-0.3, -0.25) is 14.8 Å². The van der Waals surface area contributed by atoms with Crippen LogP contribution in [0.2, 0.25) is 0 Å². The molecule has 1 fully saturated rings. The monoisotopic (exact) mass is 378 g/mol. The lowest BCUT2D eigenvalue weighted by Crippen LogP contribution is -2.40. The second kappa shape index (κ2) is 8.35. The summed E-state index contributed by atoms with van der Waals surface area (Å²) in [5.41, 5.74) is 2.61. The Morgan fingerprint density at radius 2 is 1.75 bits per heavy atom. The lowest BCUT2D eigenvalue weighted by atomic mass is 10.0. The van der Waals surface area contributed by atoms with Gasteiger partial charge in [0.15, 0.2) is 0 Å². The number of anilines is 1. The third kappa shape index (κ3) is 3.97. The average Bonchev–Trinajstić information content (AvgIpc) is 3.19. The van der Waals surface area contributed by atoms with Crippen molar-refractivity contribution in [2.45, 2.75) is 25.3 Å². The van der Waals surface area contributed by atoms with Crippen molar-refractivity contribution in [2.75, 3.05) is 18.4 Å². The maximum Gasteiger partial charge on any atom is 0.247 e. The number of piperidine rings is 1. The fourth-order valence-corrected chi connectivity index (χ4v) is 3.76. The van der Waals surface area contributed by atoms with Crippen molar-refractivity contribution in [1.82, 2.24) is 15.1 Å². The van der Waals surface area contributed by atoms with E-state index in [9.17, 15) is 9.18 Å². The number of carbonyl (C=O) groups excluding carboxylic acids is 1. The SMILES string of the molecule is O=C(Nc1[nH]ncc1-c1ccccc1)C(c1ccc(F)cc1)N1CCCCC1. The Bertz CT molecular complexity index is 917. The van der Waals surface area contributed by atoms with E-state index in [0.717, 1.165) is 42.6 Å². The fourth-order valence-electron chi connectivity index (χ4n) is 3.76. The molecule has 2 aromatic carbocycles. The van der Waals surface area contributed by atoms with Gasteiger partial charge in [0.1, 0.15) is 17.7 Å². The zero-order valence-corrected chi connectivity index (χ0v) is 15.6. The Kier molecular flexibility index (Phi) is 5.48. The number of likely N-dealkylation sites (tertiary alicyclic amines) is 1. The van der Waals surface area contributed by atoms with Gasteiger partial charge in [-0.25, -0.2) is 4.39 Å². The van der Waals surface area contributed by atoms with Crippen LogP contribution in [0.4, 0.5) is 10.2 Å². The molecule has 1 unspecified atom stereocenters. The Balaban J connectivity index is 1.61. The Labute approximate surface area is 163 Å². The van der Waals surface area contributed by atoms with E-state index in [-0.39, 0.29) is 11.7 Å². The molecule has 1 aromatic heterocycles. The number of hydrogen-bond donors (Lipinski definition) is 2. The van der Waals surface area contributed by atoms with Crippen molar-refractivity contribution in [3.8, 4) is 11.1 Å². The molecule has 0 spiro atoms. The standard InChI is InChI=1S/C22H23FN4O/c23-18-11-9-17(10-12-18)20(27-13-5-2-6-14-27)22(28)25-21-19(15-24-26-21)16-7-3-1-4-8-16/h1,3-4,7-12,15,20H,2,5-6,13-14H2,(H2,24,25,26,28). The van der Waals surface area contributed by atoms with Crippen molar-refractivity contribution < 1.29 is 9.18 Å². The van der Waals surface area contributed by atoms with Gasteiger partial charge < -0.3 is 5.32 Å². The highest BCUT2D eigenvalue weighted by molar-refractivity contribution is 5.97. The Morgan fingerprint density at radius 1 is 1.04 bits per heavy atom. The number of nitrogens with zero attached hydrogens (tertiary/aromatic N) is 2. The number of carbonyl (C=O) groups is 1. The van der Waals surface area contributed by atoms with E-state index >= 15 is 0 Å². The van der Waals surface area contributed by atoms with Crippen LogP contribution in [0.1, 0.15) is 30.9 Å². The van der Waals surface area contributed by atoms with E-state index in [4.69, 9.17) is 0 Å². The number of hydrogen-bond acceptors (Lipinski definition) is 3. The van der Waals surface area contributed by atoms with Crippen LogP contribution in [0, 0.1) is 5.82 Å². The molecule has 144 valence electrons. The highest BCUT2D eigenvalue weighted by Crippen LogP contribution is 2.29. The Hall–Kier alpha value is -2.99. The van der Waals surface area contributed by atoms with Crippen LogP contribution in [0.3, 0.4) is 0 Å². The first kappa shape index (κ1) is 18.4.